The largest absolute Gasteiger partial charge is 0.444 e. The first-order valence-corrected chi connectivity index (χ1v) is 5.90. The summed E-state index contributed by atoms with van der Waals surface area (Å²) in [7, 11) is 1.60. The first-order chi connectivity index (χ1) is 7.82. The molecule has 1 N–H and O–H groups in total. The molecule has 5 heteroatoms. The summed E-state index contributed by atoms with van der Waals surface area (Å²) in [5.41, 5.74) is -0.811. The summed E-state index contributed by atoms with van der Waals surface area (Å²) in [5.74, 6) is 0. The lowest BCUT2D eigenvalue weighted by molar-refractivity contribution is 0.0145. The van der Waals surface area contributed by atoms with Crippen LogP contribution in [-0.4, -0.2) is 55.1 Å². The van der Waals surface area contributed by atoms with Crippen LogP contribution in [0.4, 0.5) is 4.79 Å². The molecule has 17 heavy (non-hydrogen) atoms. The highest BCUT2D eigenvalue weighted by molar-refractivity contribution is 5.68. The molecular formula is C12H23NO4. The van der Waals surface area contributed by atoms with Gasteiger partial charge in [0.15, 0.2) is 0 Å². The lowest BCUT2D eigenvalue weighted by Crippen LogP contribution is -2.39. The Balaban J connectivity index is 2.57. The zero-order chi connectivity index (χ0) is 13.1. The molecule has 0 bridgehead atoms. The third-order valence-corrected chi connectivity index (χ3v) is 2.88. The molecule has 1 unspecified atom stereocenters. The number of hydrogen-bond acceptors (Lipinski definition) is 4. The van der Waals surface area contributed by atoms with Gasteiger partial charge in [-0.15, -0.1) is 0 Å². The van der Waals surface area contributed by atoms with E-state index in [1.54, 1.807) is 12.0 Å². The molecule has 1 fully saturated rings. The van der Waals surface area contributed by atoms with E-state index in [1.807, 2.05) is 20.8 Å². The zero-order valence-corrected chi connectivity index (χ0v) is 11.2. The van der Waals surface area contributed by atoms with E-state index in [-0.39, 0.29) is 18.1 Å². The first-order valence-electron chi connectivity index (χ1n) is 5.90. The molecular weight excluding hydrogens is 222 g/mol. The summed E-state index contributed by atoms with van der Waals surface area (Å²) < 4.78 is 10.4. The van der Waals surface area contributed by atoms with E-state index in [9.17, 15) is 9.90 Å². The van der Waals surface area contributed by atoms with E-state index in [2.05, 4.69) is 0 Å². The summed E-state index contributed by atoms with van der Waals surface area (Å²) in [5, 5.41) is 9.42. The summed E-state index contributed by atoms with van der Waals surface area (Å²) in [6.07, 6.45) is 0.431. The lowest BCUT2D eigenvalue weighted by Gasteiger charge is -2.27. The van der Waals surface area contributed by atoms with E-state index >= 15 is 0 Å². The van der Waals surface area contributed by atoms with Crippen LogP contribution in [0.5, 0.6) is 0 Å². The highest BCUT2D eigenvalue weighted by Crippen LogP contribution is 2.31. The van der Waals surface area contributed by atoms with Gasteiger partial charge in [-0.25, -0.2) is 4.79 Å². The van der Waals surface area contributed by atoms with Crippen molar-refractivity contribution in [3.8, 4) is 0 Å². The minimum absolute atomic E-state index is 0.0279. The molecule has 1 amide bonds. The third-order valence-electron chi connectivity index (χ3n) is 2.88. The maximum absolute atomic E-state index is 11.9. The van der Waals surface area contributed by atoms with Crippen molar-refractivity contribution in [1.82, 2.24) is 4.90 Å². The summed E-state index contributed by atoms with van der Waals surface area (Å²) >= 11 is 0. The van der Waals surface area contributed by atoms with Crippen molar-refractivity contribution >= 4 is 6.09 Å². The van der Waals surface area contributed by atoms with Crippen molar-refractivity contribution in [2.24, 2.45) is 5.41 Å². The van der Waals surface area contributed by atoms with Gasteiger partial charge in [0.05, 0.1) is 13.2 Å². The van der Waals surface area contributed by atoms with Crippen molar-refractivity contribution in [2.75, 3.05) is 33.4 Å². The van der Waals surface area contributed by atoms with Gasteiger partial charge in [0.2, 0.25) is 0 Å². The molecule has 0 radical (unpaired) electrons. The van der Waals surface area contributed by atoms with Crippen molar-refractivity contribution in [1.29, 1.82) is 0 Å². The molecule has 0 aromatic rings. The Morgan fingerprint density at radius 2 is 2.12 bits per heavy atom. The second-order valence-electron chi connectivity index (χ2n) is 5.74. The fourth-order valence-electron chi connectivity index (χ4n) is 2.02. The van der Waals surface area contributed by atoms with Crippen LogP contribution in [0.1, 0.15) is 27.2 Å². The number of aliphatic hydroxyl groups excluding tert-OH is 1. The Kier molecular flexibility index (Phi) is 4.38. The molecule has 0 aliphatic carbocycles. The van der Waals surface area contributed by atoms with Crippen molar-refractivity contribution in [3.63, 3.8) is 0 Å². The van der Waals surface area contributed by atoms with Gasteiger partial charge in [-0.3, -0.25) is 0 Å². The highest BCUT2D eigenvalue weighted by Gasteiger charge is 2.40. The summed E-state index contributed by atoms with van der Waals surface area (Å²) in [6, 6.07) is 0. The predicted molar refractivity (Wildman–Crippen MR) is 63.8 cm³/mol. The van der Waals surface area contributed by atoms with Crippen molar-refractivity contribution in [2.45, 2.75) is 32.8 Å². The van der Waals surface area contributed by atoms with Crippen LogP contribution in [0, 0.1) is 5.41 Å². The van der Waals surface area contributed by atoms with Crippen LogP contribution in [0.3, 0.4) is 0 Å². The van der Waals surface area contributed by atoms with Crippen LogP contribution in [0.25, 0.3) is 0 Å². The minimum atomic E-state index is -0.483. The Bertz CT molecular complexity index is 274. The number of amides is 1. The first kappa shape index (κ1) is 14.3. The number of likely N-dealkylation sites (tertiary alicyclic amines) is 1. The SMILES string of the molecule is COCC1(CO)CCN(C(=O)OC(C)(C)C)C1. The van der Waals surface area contributed by atoms with Crippen LogP contribution in [-0.2, 0) is 9.47 Å². The quantitative estimate of drug-likeness (QED) is 0.813. The summed E-state index contributed by atoms with van der Waals surface area (Å²) in [6.45, 7) is 7.12. The smallest absolute Gasteiger partial charge is 0.410 e. The topological polar surface area (TPSA) is 59.0 Å². The number of methoxy groups -OCH3 is 1. The third kappa shape index (κ3) is 3.85. The second kappa shape index (κ2) is 5.23. The van der Waals surface area contributed by atoms with Gasteiger partial charge in [0.25, 0.3) is 0 Å². The molecule has 1 heterocycles. The number of hydrogen-bond donors (Lipinski definition) is 1. The standard InChI is InChI=1S/C12H23NO4/c1-11(2,3)17-10(15)13-6-5-12(7-13,8-14)9-16-4/h14H,5-9H2,1-4H3. The number of carbonyl (C=O) groups is 1. The highest BCUT2D eigenvalue weighted by atomic mass is 16.6. The Morgan fingerprint density at radius 1 is 1.47 bits per heavy atom. The molecule has 0 saturated carbocycles. The number of rotatable bonds is 3. The Labute approximate surface area is 103 Å². The summed E-state index contributed by atoms with van der Waals surface area (Å²) in [4.78, 5) is 13.5. The fraction of sp³-hybridized carbons (Fsp3) is 0.917. The molecule has 1 atom stereocenters. The van der Waals surface area contributed by atoms with Gasteiger partial charge >= 0.3 is 6.09 Å². The van der Waals surface area contributed by atoms with Gasteiger partial charge in [0, 0.05) is 25.6 Å². The molecule has 5 nitrogen and oxygen atoms in total. The average Bonchev–Trinajstić information content (AvgIpc) is 2.61. The average molecular weight is 245 g/mol. The molecule has 0 aromatic heterocycles. The zero-order valence-electron chi connectivity index (χ0n) is 11.2. The van der Waals surface area contributed by atoms with E-state index < -0.39 is 5.60 Å². The van der Waals surface area contributed by atoms with E-state index in [4.69, 9.17) is 9.47 Å². The van der Waals surface area contributed by atoms with Crippen LogP contribution >= 0.6 is 0 Å². The molecule has 1 aliphatic rings. The van der Waals surface area contributed by atoms with Crippen LogP contribution in [0.15, 0.2) is 0 Å². The normalized spacial score (nSPS) is 25.1. The fourth-order valence-corrected chi connectivity index (χ4v) is 2.02. The maximum atomic E-state index is 11.9. The number of ether oxygens (including phenoxy) is 2. The predicted octanol–water partition coefficient (Wildman–Crippen LogP) is 1.25. The van der Waals surface area contributed by atoms with Gasteiger partial charge in [0.1, 0.15) is 5.60 Å². The maximum Gasteiger partial charge on any atom is 0.410 e. The number of aliphatic hydroxyl groups is 1. The molecule has 0 aromatic carbocycles. The Morgan fingerprint density at radius 3 is 2.59 bits per heavy atom. The van der Waals surface area contributed by atoms with Gasteiger partial charge in [-0.1, -0.05) is 0 Å². The number of carbonyl (C=O) groups excluding carboxylic acids is 1. The van der Waals surface area contributed by atoms with Gasteiger partial charge < -0.3 is 19.5 Å². The van der Waals surface area contributed by atoms with E-state index in [0.717, 1.165) is 6.42 Å². The van der Waals surface area contributed by atoms with Crippen LogP contribution < -0.4 is 0 Å². The molecule has 1 aliphatic heterocycles. The van der Waals surface area contributed by atoms with Crippen molar-refractivity contribution < 1.29 is 19.4 Å². The Hall–Kier alpha value is -0.810. The van der Waals surface area contributed by atoms with E-state index in [1.165, 1.54) is 0 Å². The monoisotopic (exact) mass is 245 g/mol. The minimum Gasteiger partial charge on any atom is -0.444 e. The number of nitrogens with zero attached hydrogens (tertiary/aromatic N) is 1. The second-order valence-corrected chi connectivity index (χ2v) is 5.74. The van der Waals surface area contributed by atoms with E-state index in [0.29, 0.717) is 19.7 Å². The lowest BCUT2D eigenvalue weighted by atomic mass is 9.89. The van der Waals surface area contributed by atoms with Gasteiger partial charge in [-0.05, 0) is 27.2 Å². The molecule has 0 spiro atoms. The molecule has 100 valence electrons. The van der Waals surface area contributed by atoms with Gasteiger partial charge in [-0.2, -0.15) is 0 Å². The molecule has 1 saturated heterocycles. The van der Waals surface area contributed by atoms with Crippen molar-refractivity contribution in [3.05, 3.63) is 0 Å². The van der Waals surface area contributed by atoms with Crippen LogP contribution in [0.2, 0.25) is 0 Å². The molecule has 1 rings (SSSR count).